The summed E-state index contributed by atoms with van der Waals surface area (Å²) in [6.07, 6.45) is 3.63. The lowest BCUT2D eigenvalue weighted by atomic mass is 9.93. The van der Waals surface area contributed by atoms with Crippen LogP contribution in [0.4, 0.5) is 4.79 Å². The summed E-state index contributed by atoms with van der Waals surface area (Å²) < 4.78 is 5.33. The summed E-state index contributed by atoms with van der Waals surface area (Å²) in [5, 5.41) is 0.522. The third-order valence-corrected chi connectivity index (χ3v) is 3.46. The molecule has 1 fully saturated rings. The molecule has 1 aliphatic rings. The molecule has 1 aromatic heterocycles. The molecular formula is C15H21ClN2O2. The first-order chi connectivity index (χ1) is 9.33. The van der Waals surface area contributed by atoms with Gasteiger partial charge in [-0.1, -0.05) is 17.7 Å². The molecule has 0 bridgehead atoms. The predicted molar refractivity (Wildman–Crippen MR) is 78.9 cm³/mol. The van der Waals surface area contributed by atoms with Crippen LogP contribution < -0.4 is 0 Å². The number of carbonyl (C=O) groups excluding carboxylic acids is 1. The molecule has 0 aromatic carbocycles. The Morgan fingerprint density at radius 2 is 2.15 bits per heavy atom. The Morgan fingerprint density at radius 3 is 2.70 bits per heavy atom. The minimum Gasteiger partial charge on any atom is -0.444 e. The SMILES string of the molecule is CC(C)(C)OC(=O)N1CC(CCc2ccc(Cl)nc2)C1. The first kappa shape index (κ1) is 15.1. The van der Waals surface area contributed by atoms with Crippen molar-refractivity contribution in [2.75, 3.05) is 13.1 Å². The van der Waals surface area contributed by atoms with Crippen molar-refractivity contribution >= 4 is 17.7 Å². The maximum atomic E-state index is 11.8. The summed E-state index contributed by atoms with van der Waals surface area (Å²) in [4.78, 5) is 17.6. The third kappa shape index (κ3) is 4.37. The van der Waals surface area contributed by atoms with E-state index in [1.807, 2.05) is 39.1 Å². The highest BCUT2D eigenvalue weighted by Crippen LogP contribution is 2.23. The van der Waals surface area contributed by atoms with Crippen molar-refractivity contribution in [1.29, 1.82) is 0 Å². The molecule has 0 saturated carbocycles. The van der Waals surface area contributed by atoms with Gasteiger partial charge in [0.15, 0.2) is 0 Å². The molecule has 1 saturated heterocycles. The van der Waals surface area contributed by atoms with Gasteiger partial charge in [0, 0.05) is 19.3 Å². The van der Waals surface area contributed by atoms with Crippen LogP contribution in [0.25, 0.3) is 0 Å². The molecule has 0 spiro atoms. The average molecular weight is 297 g/mol. The zero-order valence-corrected chi connectivity index (χ0v) is 13.0. The van der Waals surface area contributed by atoms with Gasteiger partial charge in [0.2, 0.25) is 0 Å². The standard InChI is InChI=1S/C15H21ClN2O2/c1-15(2,3)20-14(19)18-9-12(10-18)5-4-11-6-7-13(16)17-8-11/h6-8,12H,4-5,9-10H2,1-3H3. The number of carbonyl (C=O) groups is 1. The van der Waals surface area contributed by atoms with Crippen molar-refractivity contribution in [2.45, 2.75) is 39.2 Å². The van der Waals surface area contributed by atoms with Crippen LogP contribution in [0.15, 0.2) is 18.3 Å². The Kier molecular flexibility index (Phi) is 4.53. The average Bonchev–Trinajstić information content (AvgIpc) is 2.27. The zero-order valence-electron chi connectivity index (χ0n) is 12.2. The van der Waals surface area contributed by atoms with E-state index in [1.54, 1.807) is 4.90 Å². The molecule has 0 atom stereocenters. The number of aryl methyl sites for hydroxylation is 1. The molecule has 110 valence electrons. The van der Waals surface area contributed by atoms with Crippen molar-refractivity contribution in [3.05, 3.63) is 29.0 Å². The summed E-state index contributed by atoms with van der Waals surface area (Å²) in [5.74, 6) is 0.554. The lowest BCUT2D eigenvalue weighted by Gasteiger charge is -2.39. The quantitative estimate of drug-likeness (QED) is 0.801. The van der Waals surface area contributed by atoms with Crippen molar-refractivity contribution in [3.63, 3.8) is 0 Å². The van der Waals surface area contributed by atoms with Crippen LogP contribution in [0.1, 0.15) is 32.8 Å². The number of nitrogens with zero attached hydrogens (tertiary/aromatic N) is 2. The lowest BCUT2D eigenvalue weighted by Crippen LogP contribution is -2.51. The van der Waals surface area contributed by atoms with E-state index >= 15 is 0 Å². The molecule has 0 radical (unpaired) electrons. The molecule has 2 rings (SSSR count). The van der Waals surface area contributed by atoms with E-state index in [2.05, 4.69) is 4.98 Å². The largest absolute Gasteiger partial charge is 0.444 e. The fourth-order valence-corrected chi connectivity index (χ4v) is 2.26. The van der Waals surface area contributed by atoms with Gasteiger partial charge in [-0.25, -0.2) is 9.78 Å². The van der Waals surface area contributed by atoms with E-state index in [0.29, 0.717) is 11.1 Å². The number of pyridine rings is 1. The number of halogens is 1. The van der Waals surface area contributed by atoms with Crippen LogP contribution in [-0.2, 0) is 11.2 Å². The van der Waals surface area contributed by atoms with Crippen LogP contribution in [0.3, 0.4) is 0 Å². The molecule has 2 heterocycles. The van der Waals surface area contributed by atoms with E-state index in [9.17, 15) is 4.79 Å². The minimum atomic E-state index is -0.419. The minimum absolute atomic E-state index is 0.207. The second-order valence-corrected chi connectivity index (χ2v) is 6.67. The second kappa shape index (κ2) is 6.00. The lowest BCUT2D eigenvalue weighted by molar-refractivity contribution is -0.00202. The highest BCUT2D eigenvalue weighted by molar-refractivity contribution is 6.29. The van der Waals surface area contributed by atoms with Gasteiger partial charge in [-0.15, -0.1) is 0 Å². The van der Waals surface area contributed by atoms with E-state index in [1.165, 1.54) is 5.56 Å². The van der Waals surface area contributed by atoms with Gasteiger partial charge in [0.05, 0.1) is 0 Å². The summed E-state index contributed by atoms with van der Waals surface area (Å²) in [6, 6.07) is 3.81. The first-order valence-electron chi connectivity index (χ1n) is 6.92. The number of hydrogen-bond donors (Lipinski definition) is 0. The number of hydrogen-bond acceptors (Lipinski definition) is 3. The van der Waals surface area contributed by atoms with Crippen LogP contribution >= 0.6 is 11.6 Å². The topological polar surface area (TPSA) is 42.4 Å². The van der Waals surface area contributed by atoms with Crippen LogP contribution in [-0.4, -0.2) is 34.7 Å². The maximum Gasteiger partial charge on any atom is 0.410 e. The monoisotopic (exact) mass is 296 g/mol. The number of amides is 1. The van der Waals surface area contributed by atoms with Crippen molar-refractivity contribution in [2.24, 2.45) is 5.92 Å². The van der Waals surface area contributed by atoms with Gasteiger partial charge >= 0.3 is 6.09 Å². The van der Waals surface area contributed by atoms with Gasteiger partial charge < -0.3 is 9.64 Å². The smallest absolute Gasteiger partial charge is 0.410 e. The molecule has 0 N–H and O–H groups in total. The zero-order chi connectivity index (χ0) is 14.8. The molecule has 0 unspecified atom stereocenters. The van der Waals surface area contributed by atoms with Gasteiger partial charge in [-0.3, -0.25) is 0 Å². The van der Waals surface area contributed by atoms with E-state index in [4.69, 9.17) is 16.3 Å². The highest BCUT2D eigenvalue weighted by Gasteiger charge is 2.33. The van der Waals surface area contributed by atoms with Crippen molar-refractivity contribution in [3.8, 4) is 0 Å². The van der Waals surface area contributed by atoms with Gasteiger partial charge in [0.1, 0.15) is 10.8 Å². The van der Waals surface area contributed by atoms with Crippen molar-refractivity contribution < 1.29 is 9.53 Å². The van der Waals surface area contributed by atoms with Gasteiger partial charge in [-0.2, -0.15) is 0 Å². The maximum absolute atomic E-state index is 11.8. The highest BCUT2D eigenvalue weighted by atomic mass is 35.5. The number of likely N-dealkylation sites (tertiary alicyclic amines) is 1. The van der Waals surface area contributed by atoms with Crippen LogP contribution in [0.5, 0.6) is 0 Å². The van der Waals surface area contributed by atoms with E-state index in [0.717, 1.165) is 25.9 Å². The Hall–Kier alpha value is -1.29. The fraction of sp³-hybridized carbons (Fsp3) is 0.600. The normalized spacial score (nSPS) is 15.9. The number of aromatic nitrogens is 1. The Bertz CT molecular complexity index is 462. The Balaban J connectivity index is 1.69. The molecule has 5 heteroatoms. The molecular weight excluding hydrogens is 276 g/mol. The van der Waals surface area contributed by atoms with E-state index < -0.39 is 5.60 Å². The summed E-state index contributed by atoms with van der Waals surface area (Å²) in [6.45, 7) is 7.23. The van der Waals surface area contributed by atoms with Gasteiger partial charge in [0.25, 0.3) is 0 Å². The molecule has 0 aliphatic carbocycles. The molecule has 1 aliphatic heterocycles. The second-order valence-electron chi connectivity index (χ2n) is 6.28. The summed E-state index contributed by atoms with van der Waals surface area (Å²) >= 11 is 5.75. The summed E-state index contributed by atoms with van der Waals surface area (Å²) in [5.41, 5.74) is 0.766. The van der Waals surface area contributed by atoms with Crippen LogP contribution in [0, 0.1) is 5.92 Å². The van der Waals surface area contributed by atoms with Gasteiger partial charge in [-0.05, 0) is 51.2 Å². The van der Waals surface area contributed by atoms with E-state index in [-0.39, 0.29) is 6.09 Å². The fourth-order valence-electron chi connectivity index (χ4n) is 2.15. The summed E-state index contributed by atoms with van der Waals surface area (Å²) in [7, 11) is 0. The molecule has 4 nitrogen and oxygen atoms in total. The van der Waals surface area contributed by atoms with Crippen LogP contribution in [0.2, 0.25) is 5.15 Å². The number of rotatable bonds is 3. The third-order valence-electron chi connectivity index (χ3n) is 3.24. The first-order valence-corrected chi connectivity index (χ1v) is 7.29. The number of ether oxygens (including phenoxy) is 1. The van der Waals surface area contributed by atoms with Crippen molar-refractivity contribution in [1.82, 2.24) is 9.88 Å². The Morgan fingerprint density at radius 1 is 1.45 bits per heavy atom. The molecule has 20 heavy (non-hydrogen) atoms. The molecule has 1 aromatic rings. The molecule has 1 amide bonds. The Labute approximate surface area is 125 Å². The predicted octanol–water partition coefficient (Wildman–Crippen LogP) is 3.53.